The lowest BCUT2D eigenvalue weighted by Gasteiger charge is -2.06. The van der Waals surface area contributed by atoms with Crippen LogP contribution in [0, 0.1) is 0 Å². The summed E-state index contributed by atoms with van der Waals surface area (Å²) in [6.45, 7) is 1.79. The van der Waals surface area contributed by atoms with E-state index in [1.807, 2.05) is 0 Å². The smallest absolute Gasteiger partial charge is 0.417 e. The maximum Gasteiger partial charge on any atom is 0.417 e. The van der Waals surface area contributed by atoms with Gasteiger partial charge in [0, 0.05) is 21.8 Å². The molecular formula is C22H16F6N2O4. The number of carboxylic acids is 1. The Labute approximate surface area is 187 Å². The number of nitrogens with one attached hydrogen (secondary N) is 2. The van der Waals surface area contributed by atoms with E-state index in [4.69, 9.17) is 9.84 Å². The van der Waals surface area contributed by atoms with Gasteiger partial charge in [0.1, 0.15) is 11.4 Å². The first-order chi connectivity index (χ1) is 15.8. The molecule has 34 heavy (non-hydrogen) atoms. The number of fused-ring (bicyclic) bond motifs is 2. The van der Waals surface area contributed by atoms with Crippen molar-refractivity contribution in [3.8, 4) is 0 Å². The molecule has 0 amide bonds. The number of carboxylic acid groups (broad SMARTS) is 1. The van der Waals surface area contributed by atoms with E-state index in [2.05, 4.69) is 9.97 Å². The molecule has 0 unspecified atom stereocenters. The highest BCUT2D eigenvalue weighted by atomic mass is 19.4. The van der Waals surface area contributed by atoms with Gasteiger partial charge in [-0.2, -0.15) is 26.3 Å². The summed E-state index contributed by atoms with van der Waals surface area (Å²) in [5.41, 5.74) is -1.43. The number of H-pyrrole nitrogens is 2. The molecule has 0 atom stereocenters. The fraction of sp³-hybridized carbons (Fsp3) is 0.182. The van der Waals surface area contributed by atoms with E-state index in [1.54, 1.807) is 6.92 Å². The minimum atomic E-state index is -4.49. The molecule has 2 heterocycles. The first-order valence-corrected chi connectivity index (χ1v) is 9.61. The van der Waals surface area contributed by atoms with E-state index >= 15 is 0 Å². The lowest BCUT2D eigenvalue weighted by molar-refractivity contribution is -0.137. The van der Waals surface area contributed by atoms with E-state index in [1.165, 1.54) is 24.3 Å². The zero-order valence-electron chi connectivity index (χ0n) is 17.3. The number of rotatable bonds is 3. The Morgan fingerprint density at radius 2 is 1.26 bits per heavy atom. The minimum absolute atomic E-state index is 0.0172. The van der Waals surface area contributed by atoms with Crippen molar-refractivity contribution in [3.63, 3.8) is 0 Å². The molecule has 0 aliphatic carbocycles. The number of hydrogen-bond acceptors (Lipinski definition) is 3. The second-order valence-corrected chi connectivity index (χ2v) is 6.92. The molecule has 4 rings (SSSR count). The molecule has 0 saturated carbocycles. The monoisotopic (exact) mass is 486 g/mol. The molecule has 0 bridgehead atoms. The SMILES string of the molecule is CCOC(=O)c1cc2c(C(F)(F)F)cccc2[nH]1.O=C(O)c1cc2c(C(F)(F)F)cccc2[nH]1. The number of carbonyl (C=O) groups is 2. The Morgan fingerprint density at radius 1 is 0.824 bits per heavy atom. The van der Waals surface area contributed by atoms with Gasteiger partial charge in [-0.3, -0.25) is 0 Å². The van der Waals surface area contributed by atoms with Crippen LogP contribution >= 0.6 is 0 Å². The lowest BCUT2D eigenvalue weighted by atomic mass is 10.1. The van der Waals surface area contributed by atoms with Gasteiger partial charge in [-0.05, 0) is 43.3 Å². The van der Waals surface area contributed by atoms with Gasteiger partial charge in [-0.25, -0.2) is 9.59 Å². The number of ether oxygens (including phenoxy) is 1. The van der Waals surface area contributed by atoms with Crippen LogP contribution in [0.3, 0.4) is 0 Å². The van der Waals surface area contributed by atoms with Gasteiger partial charge in [-0.1, -0.05) is 12.1 Å². The third-order valence-electron chi connectivity index (χ3n) is 4.66. The number of aromatic carboxylic acids is 1. The largest absolute Gasteiger partial charge is 0.477 e. The second kappa shape index (κ2) is 9.12. The summed E-state index contributed by atoms with van der Waals surface area (Å²) in [4.78, 5) is 27.1. The van der Waals surface area contributed by atoms with Crippen molar-refractivity contribution in [1.29, 1.82) is 0 Å². The van der Waals surface area contributed by atoms with Crippen LogP contribution in [0.1, 0.15) is 39.0 Å². The topological polar surface area (TPSA) is 95.2 Å². The minimum Gasteiger partial charge on any atom is -0.477 e. The maximum absolute atomic E-state index is 12.7. The molecule has 4 aromatic rings. The molecular weight excluding hydrogens is 470 g/mol. The number of aromatic amines is 2. The quantitative estimate of drug-likeness (QED) is 0.236. The number of esters is 1. The number of hydrogen-bond donors (Lipinski definition) is 3. The summed E-state index contributed by atoms with van der Waals surface area (Å²) < 4.78 is 80.7. The maximum atomic E-state index is 12.7. The average Bonchev–Trinajstić information content (AvgIpc) is 3.37. The van der Waals surface area contributed by atoms with Crippen LogP contribution in [-0.4, -0.2) is 33.6 Å². The summed E-state index contributed by atoms with van der Waals surface area (Å²) in [5.74, 6) is -1.95. The van der Waals surface area contributed by atoms with Crippen LogP contribution < -0.4 is 0 Å². The molecule has 6 nitrogen and oxygen atoms in total. The van der Waals surface area contributed by atoms with Crippen molar-refractivity contribution in [2.45, 2.75) is 19.3 Å². The van der Waals surface area contributed by atoms with E-state index in [0.717, 1.165) is 24.3 Å². The number of benzene rings is 2. The van der Waals surface area contributed by atoms with Gasteiger partial charge >= 0.3 is 24.3 Å². The van der Waals surface area contributed by atoms with Crippen LogP contribution in [0.15, 0.2) is 48.5 Å². The van der Waals surface area contributed by atoms with E-state index in [0.29, 0.717) is 0 Å². The van der Waals surface area contributed by atoms with Gasteiger partial charge in [-0.15, -0.1) is 0 Å². The summed E-state index contributed by atoms with van der Waals surface area (Å²) in [7, 11) is 0. The number of carbonyl (C=O) groups excluding carboxylic acids is 1. The van der Waals surface area contributed by atoms with Crippen LogP contribution in [0.5, 0.6) is 0 Å². The zero-order chi connectivity index (χ0) is 25.3. The fourth-order valence-electron chi connectivity index (χ4n) is 3.24. The zero-order valence-corrected chi connectivity index (χ0v) is 17.3. The van der Waals surface area contributed by atoms with Crippen LogP contribution in [0.25, 0.3) is 21.8 Å². The molecule has 0 saturated heterocycles. The van der Waals surface area contributed by atoms with Gasteiger partial charge in [0.05, 0.1) is 17.7 Å². The average molecular weight is 486 g/mol. The van der Waals surface area contributed by atoms with Gasteiger partial charge in [0.25, 0.3) is 0 Å². The molecule has 12 heteroatoms. The van der Waals surface area contributed by atoms with Crippen LogP contribution in [0.2, 0.25) is 0 Å². The molecule has 180 valence electrons. The molecule has 3 N–H and O–H groups in total. The molecule has 2 aromatic carbocycles. The first kappa shape index (κ1) is 24.7. The molecule has 0 aliphatic rings. The van der Waals surface area contributed by atoms with Crippen molar-refractivity contribution in [3.05, 3.63) is 71.0 Å². The van der Waals surface area contributed by atoms with Crippen molar-refractivity contribution in [2.75, 3.05) is 6.61 Å². The van der Waals surface area contributed by atoms with E-state index < -0.39 is 35.4 Å². The predicted molar refractivity (Wildman–Crippen MR) is 110 cm³/mol. The third-order valence-corrected chi connectivity index (χ3v) is 4.66. The number of alkyl halides is 6. The van der Waals surface area contributed by atoms with Gasteiger partial charge in [0.15, 0.2) is 0 Å². The van der Waals surface area contributed by atoms with Crippen molar-refractivity contribution >= 4 is 33.7 Å². The van der Waals surface area contributed by atoms with Crippen molar-refractivity contribution < 1.29 is 45.8 Å². The Bertz CT molecular complexity index is 1350. The summed E-state index contributed by atoms with van der Waals surface area (Å²) >= 11 is 0. The normalized spacial score (nSPS) is 11.9. The molecule has 0 radical (unpaired) electrons. The summed E-state index contributed by atoms with van der Waals surface area (Å²) in [5, 5.41) is 8.50. The molecule has 2 aromatic heterocycles. The lowest BCUT2D eigenvalue weighted by Crippen LogP contribution is -2.05. The van der Waals surface area contributed by atoms with Crippen molar-refractivity contribution in [1.82, 2.24) is 9.97 Å². The van der Waals surface area contributed by atoms with E-state index in [-0.39, 0.29) is 39.8 Å². The first-order valence-electron chi connectivity index (χ1n) is 9.61. The van der Waals surface area contributed by atoms with Crippen molar-refractivity contribution in [2.24, 2.45) is 0 Å². The number of halogens is 6. The highest BCUT2D eigenvalue weighted by Gasteiger charge is 2.34. The fourth-order valence-corrected chi connectivity index (χ4v) is 3.24. The van der Waals surface area contributed by atoms with Crippen LogP contribution in [0.4, 0.5) is 26.3 Å². The summed E-state index contributed by atoms with van der Waals surface area (Å²) in [6.07, 6.45) is -8.94. The summed E-state index contributed by atoms with van der Waals surface area (Å²) in [6, 6.07) is 9.44. The molecule has 0 fully saturated rings. The Morgan fingerprint density at radius 3 is 1.68 bits per heavy atom. The highest BCUT2D eigenvalue weighted by Crippen LogP contribution is 2.36. The standard InChI is InChI=1S/C12H10F3NO2.C10H6F3NO2/c1-2-18-11(17)10-6-7-8(12(13,14)15)4-3-5-9(7)16-10;11-10(12,13)6-2-1-3-7-5(6)4-8(14-7)9(15)16/h3-6,16H,2H2,1H3;1-4,14H,(H,15,16). The van der Waals surface area contributed by atoms with Gasteiger partial charge in [0.2, 0.25) is 0 Å². The Kier molecular flexibility index (Phi) is 6.62. The highest BCUT2D eigenvalue weighted by molar-refractivity contribution is 5.96. The Hall–Kier alpha value is -3.96. The second-order valence-electron chi connectivity index (χ2n) is 6.92. The number of aromatic nitrogens is 2. The third kappa shape index (κ3) is 5.16. The molecule has 0 spiro atoms. The molecule has 0 aliphatic heterocycles. The van der Waals surface area contributed by atoms with E-state index in [9.17, 15) is 35.9 Å². The van der Waals surface area contributed by atoms with Crippen LogP contribution in [-0.2, 0) is 17.1 Å². The van der Waals surface area contributed by atoms with Gasteiger partial charge < -0.3 is 19.8 Å². The predicted octanol–water partition coefficient (Wildman–Crippen LogP) is 6.25. The Balaban J connectivity index is 0.000000192.